The highest BCUT2D eigenvalue weighted by atomic mass is 79.9. The van der Waals surface area contributed by atoms with E-state index in [0.717, 1.165) is 30.4 Å². The summed E-state index contributed by atoms with van der Waals surface area (Å²) < 4.78 is 99.6. The van der Waals surface area contributed by atoms with E-state index in [1.807, 2.05) is 11.2 Å². The molecule has 0 saturated heterocycles. The average Bonchev–Trinajstić information content (AvgIpc) is 1.73. The van der Waals surface area contributed by atoms with Crippen molar-refractivity contribution in [2.75, 3.05) is 62.8 Å². The molecule has 9 aromatic rings. The maximum absolute atomic E-state index is 14.3. The van der Waals surface area contributed by atoms with E-state index in [2.05, 4.69) is 76.8 Å². The van der Waals surface area contributed by atoms with Gasteiger partial charge in [0.05, 0.1) is 38.4 Å². The molecule has 29 nitrogen and oxygen atoms in total. The fraction of sp³-hybridized carbons (Fsp3) is 0.207. The van der Waals surface area contributed by atoms with E-state index >= 15 is 0 Å². The molecule has 0 fully saturated rings. The number of pyridine rings is 3. The number of hydrogen-bond acceptors (Lipinski definition) is 19. The predicted molar refractivity (Wildman–Crippen MR) is 328 cm³/mol. The molecule has 3 atom stereocenters. The van der Waals surface area contributed by atoms with Gasteiger partial charge in [-0.2, -0.15) is 20.4 Å². The minimum atomic E-state index is -1.34. The zero-order valence-corrected chi connectivity index (χ0v) is 52.3. The first-order chi connectivity index (χ1) is 45.0. The number of H-pyrrole nitrogens is 3. The number of carbonyl (C=O) groups is 7. The van der Waals surface area contributed by atoms with Crippen LogP contribution in [-0.2, 0) is 31.0 Å². The van der Waals surface area contributed by atoms with Crippen molar-refractivity contribution in [1.82, 2.24) is 66.0 Å². The molecular formula is C58H55BrClF6N17O12. The summed E-state index contributed by atoms with van der Waals surface area (Å²) in [6.07, 6.45) is 8.30. The third-order valence-electron chi connectivity index (χ3n) is 12.8. The van der Waals surface area contributed by atoms with Crippen LogP contribution in [0.4, 0.5) is 43.8 Å². The van der Waals surface area contributed by atoms with Crippen LogP contribution < -0.4 is 45.3 Å². The molecule has 5 amide bonds. The Morgan fingerprint density at radius 2 is 1.04 bits per heavy atom. The number of ether oxygens (including phenoxy) is 4. The maximum Gasteiger partial charge on any atom is 0.359 e. The van der Waals surface area contributed by atoms with Crippen LogP contribution in [0.25, 0.3) is 0 Å². The highest BCUT2D eigenvalue weighted by Gasteiger charge is 2.34. The lowest BCUT2D eigenvalue weighted by Crippen LogP contribution is -2.49. The molecule has 0 bridgehead atoms. The molecule has 0 saturated carbocycles. The number of aromatic carboxylic acids is 1. The van der Waals surface area contributed by atoms with Crippen LogP contribution in [0.5, 0.6) is 17.2 Å². The molecule has 500 valence electrons. The molecule has 12 rings (SSSR count). The van der Waals surface area contributed by atoms with Crippen molar-refractivity contribution in [3.63, 3.8) is 0 Å². The van der Waals surface area contributed by atoms with Gasteiger partial charge in [0.15, 0.2) is 80.7 Å². The summed E-state index contributed by atoms with van der Waals surface area (Å²) in [5, 5.41) is 33.9. The van der Waals surface area contributed by atoms with Crippen LogP contribution in [0.1, 0.15) is 53.1 Å². The summed E-state index contributed by atoms with van der Waals surface area (Å²) in [7, 11) is 5.85. The Balaban J connectivity index is 0.000000193. The van der Waals surface area contributed by atoms with E-state index < -0.39 is 94.2 Å². The second kappa shape index (κ2) is 34.4. The first-order valence-electron chi connectivity index (χ1n) is 27.1. The number of aromatic nitrogens is 11. The zero-order valence-electron chi connectivity index (χ0n) is 49.9. The normalized spacial score (nSPS) is 15.0. The van der Waals surface area contributed by atoms with Gasteiger partial charge in [0.25, 0.3) is 23.6 Å². The number of methoxy groups -OCH3 is 1. The number of carboxylic acid groups (broad SMARTS) is 1. The van der Waals surface area contributed by atoms with Crippen LogP contribution in [0, 0.1) is 34.9 Å². The van der Waals surface area contributed by atoms with Crippen molar-refractivity contribution in [3.8, 4) is 17.2 Å². The number of aromatic amines is 3. The van der Waals surface area contributed by atoms with Gasteiger partial charge in [0, 0.05) is 45.1 Å². The molecule has 8 N–H and O–H groups in total. The molecular weight excluding hydrogens is 1360 g/mol. The number of benzene rings is 2. The second-order valence-corrected chi connectivity index (χ2v) is 19.8. The number of halogens is 8. The molecule has 10 heterocycles. The number of carboxylic acids is 1. The third kappa shape index (κ3) is 19.4. The molecule has 37 heteroatoms. The number of nitrogens with one attached hydrogen (secondary N) is 5. The number of anilines is 3. The number of esters is 1. The van der Waals surface area contributed by atoms with Gasteiger partial charge < -0.3 is 40.4 Å². The van der Waals surface area contributed by atoms with Crippen LogP contribution in [0.3, 0.4) is 0 Å². The van der Waals surface area contributed by atoms with E-state index in [1.165, 1.54) is 83.3 Å². The van der Waals surface area contributed by atoms with Crippen LogP contribution >= 0.6 is 28.3 Å². The molecule has 0 unspecified atom stereocenters. The highest BCUT2D eigenvalue weighted by Crippen LogP contribution is 2.30. The monoisotopic (exact) mass is 1410 g/mol. The third-order valence-corrected chi connectivity index (χ3v) is 13.4. The summed E-state index contributed by atoms with van der Waals surface area (Å²) in [5.41, 5.74) is 5.57. The van der Waals surface area contributed by atoms with Gasteiger partial charge in [-0.25, -0.2) is 50.9 Å². The number of nitrogens with zero attached hydrogens (tertiary/aromatic N) is 11. The van der Waals surface area contributed by atoms with E-state index in [-0.39, 0.29) is 61.9 Å². The Hall–Kier alpha value is -11.3. The number of fused-ring (bicyclic) bond motifs is 3. The van der Waals surface area contributed by atoms with Gasteiger partial charge in [0.2, 0.25) is 5.91 Å². The number of carbonyl (C=O) groups excluding carboxylic acids is 6. The van der Waals surface area contributed by atoms with Crippen molar-refractivity contribution < 1.29 is 84.0 Å². The van der Waals surface area contributed by atoms with E-state index in [1.54, 1.807) is 61.8 Å². The molecule has 3 aliphatic rings. The first-order valence-corrected chi connectivity index (χ1v) is 28.2. The van der Waals surface area contributed by atoms with Gasteiger partial charge in [-0.3, -0.25) is 58.7 Å². The lowest BCUT2D eigenvalue weighted by molar-refractivity contribution is -0.121. The first kappa shape index (κ1) is 72.8. The molecule has 2 aromatic carbocycles. The maximum atomic E-state index is 14.3. The van der Waals surface area contributed by atoms with Crippen molar-refractivity contribution >= 4 is 87.3 Å². The van der Waals surface area contributed by atoms with Crippen LogP contribution in [0.2, 0.25) is 0 Å². The van der Waals surface area contributed by atoms with Crippen molar-refractivity contribution in [2.24, 2.45) is 5.73 Å². The largest absolute Gasteiger partial charge is 0.488 e. The Morgan fingerprint density at radius 3 is 1.46 bits per heavy atom. The van der Waals surface area contributed by atoms with Gasteiger partial charge in [-0.1, -0.05) is 40.2 Å². The smallest absolute Gasteiger partial charge is 0.359 e. The minimum Gasteiger partial charge on any atom is -0.488 e. The van der Waals surface area contributed by atoms with Crippen molar-refractivity contribution in [3.05, 3.63) is 197 Å². The van der Waals surface area contributed by atoms with Gasteiger partial charge in [-0.15, -0.1) is 12.4 Å². The SMILES string of the molecule is CN1C(=O)[C@@H](N)COc2cccnc21.CN1C(=O)[C@@H](NC(=O)c2[nH]ncc2F)COc2cccnc21.CN1C(=O)[C@@H](NC(=O)c2nn(Cc3cccc(F)c3)cc2F)COc2cccnc21.COC(=O)c1[nH]ncc1F.Cl.Fc1cccc(CBr)c1.O=C(O)c1[nH]ncc1F. The standard InChI is InChI=1S/C20H17F2N5O3.C13H12FN5O3.C9H11N3O2.C7H6BrF.C5H5FN2O2.C4H3FN2O2.ClH/c1-26-18-16(6-3-7-23-18)30-11-15(20(26)29)24-19(28)17-14(22)10-27(25-17)9-12-4-2-5-13(21)8-12;1-19-11-9(3-2-4-15-11)22-6-8(13(19)21)17-12(20)10-7(14)5-16-18-10;1-12-8-7(3-2-4-11-8)14-5-6(10)9(12)13;8-5-6-2-1-3-7(9)4-6;1-10-5(9)4-3(6)2-7-8-4;5-2-1-6-7-3(2)4(8)9;/h2-8,10,15H,9,11H2,1H3,(H,24,28);2-5,8H,6H2,1H3,(H,16,18)(H,17,20);2-4,6H,5,10H2,1H3;1-4H,5H2;2H,1H3,(H,7,8);1H,(H,6,7)(H,8,9);1H/t15-;8-;6-;;;;/m000..../s1. The van der Waals surface area contributed by atoms with Gasteiger partial charge >= 0.3 is 11.9 Å². The zero-order chi connectivity index (χ0) is 68.2. The Labute approximate surface area is 547 Å². The fourth-order valence-electron chi connectivity index (χ4n) is 8.12. The predicted octanol–water partition coefficient (Wildman–Crippen LogP) is 5.34. The number of nitrogens with two attached hydrogens (primary N) is 1. The van der Waals surface area contributed by atoms with Gasteiger partial charge in [-0.05, 0) is 71.8 Å². The summed E-state index contributed by atoms with van der Waals surface area (Å²) in [5.74, 6) is -5.95. The van der Waals surface area contributed by atoms with E-state index in [4.69, 9.17) is 25.1 Å². The molecule has 7 aromatic heterocycles. The van der Waals surface area contributed by atoms with Crippen molar-refractivity contribution in [2.45, 2.75) is 30.0 Å². The second-order valence-electron chi connectivity index (χ2n) is 19.3. The number of likely N-dealkylation sites (N-methyl/N-ethyl adjacent to an activating group) is 3. The summed E-state index contributed by atoms with van der Waals surface area (Å²) in [6, 6.07) is 19.9. The van der Waals surface area contributed by atoms with Gasteiger partial charge in [0.1, 0.15) is 49.6 Å². The molecule has 0 radical (unpaired) electrons. The average molecular weight is 1410 g/mol. The van der Waals surface area contributed by atoms with Crippen LogP contribution in [-0.4, -0.2) is 168 Å². The highest BCUT2D eigenvalue weighted by molar-refractivity contribution is 9.08. The Bertz CT molecular complexity index is 4150. The quantitative estimate of drug-likeness (QED) is 0.0544. The lowest BCUT2D eigenvalue weighted by atomic mass is 10.2. The molecule has 95 heavy (non-hydrogen) atoms. The summed E-state index contributed by atoms with van der Waals surface area (Å²) in [6.45, 7) is 0.0571. The van der Waals surface area contributed by atoms with E-state index in [9.17, 15) is 59.9 Å². The lowest BCUT2D eigenvalue weighted by Gasteiger charge is -2.19. The molecule has 0 aliphatic carbocycles. The summed E-state index contributed by atoms with van der Waals surface area (Å²) >= 11 is 3.22. The Morgan fingerprint density at radius 1 is 0.611 bits per heavy atom. The van der Waals surface area contributed by atoms with Crippen LogP contribution in [0.15, 0.2) is 128 Å². The fourth-order valence-corrected chi connectivity index (χ4v) is 8.47. The summed E-state index contributed by atoms with van der Waals surface area (Å²) in [4.78, 5) is 97.9. The molecule has 0 spiro atoms. The number of rotatable bonds is 9. The van der Waals surface area contributed by atoms with Crippen molar-refractivity contribution in [1.29, 1.82) is 0 Å². The number of alkyl halides is 1. The minimum absolute atomic E-state index is 0. The number of hydrogen-bond donors (Lipinski definition) is 7. The Kier molecular flexibility index (Phi) is 26.4. The molecule has 3 aliphatic heterocycles. The topological polar surface area (TPSA) is 379 Å². The number of amides is 5. The van der Waals surface area contributed by atoms with E-state index in [0.29, 0.717) is 45.6 Å².